The SMILES string of the molecule is CN(CCCNc1cc(N2CCC3(CC2)CN(c2cc(F)c(CN4CCC(C)(C)CC4)cc2F)CC(=O)N3)ncn1)C1CCN(c2cccc3c2C(=O)N(C2CCC(=O)NC2=O)C3=O)CC1. The summed E-state index contributed by atoms with van der Waals surface area (Å²) in [4.78, 5) is 85.0. The van der Waals surface area contributed by atoms with Gasteiger partial charge in [0, 0.05) is 76.0 Å². The molecule has 7 heterocycles. The predicted octanol–water partition coefficient (Wildman–Crippen LogP) is 4.16. The molecule has 0 aliphatic carbocycles. The van der Waals surface area contributed by atoms with Crippen LogP contribution >= 0.6 is 0 Å². The van der Waals surface area contributed by atoms with E-state index in [1.54, 1.807) is 23.4 Å². The van der Waals surface area contributed by atoms with Crippen molar-refractivity contribution in [1.29, 1.82) is 0 Å². The van der Waals surface area contributed by atoms with Crippen LogP contribution in [0.25, 0.3) is 0 Å². The van der Waals surface area contributed by atoms with E-state index in [-0.39, 0.29) is 36.4 Å². The van der Waals surface area contributed by atoms with Crippen molar-refractivity contribution in [3.8, 4) is 0 Å². The van der Waals surface area contributed by atoms with Gasteiger partial charge in [-0.2, -0.15) is 0 Å². The highest BCUT2D eigenvalue weighted by Crippen LogP contribution is 2.37. The number of imide groups is 2. The van der Waals surface area contributed by atoms with E-state index in [0.29, 0.717) is 87.1 Å². The molecule has 0 bridgehead atoms. The van der Waals surface area contributed by atoms with E-state index in [4.69, 9.17) is 0 Å². The Hall–Kier alpha value is -5.75. The van der Waals surface area contributed by atoms with Crippen LogP contribution in [0.5, 0.6) is 0 Å². The summed E-state index contributed by atoms with van der Waals surface area (Å²) < 4.78 is 31.2. The van der Waals surface area contributed by atoms with Crippen LogP contribution in [0, 0.1) is 17.0 Å². The lowest BCUT2D eigenvalue weighted by molar-refractivity contribution is -0.136. The molecule has 1 aromatic heterocycles. The molecule has 1 atom stereocenters. The molecule has 5 fully saturated rings. The van der Waals surface area contributed by atoms with Crippen LogP contribution in [0.4, 0.5) is 31.8 Å². The lowest BCUT2D eigenvalue weighted by Gasteiger charge is -2.48. The van der Waals surface area contributed by atoms with Crippen molar-refractivity contribution in [2.75, 3.05) is 92.5 Å². The lowest BCUT2D eigenvalue weighted by atomic mass is 9.82. The average Bonchev–Trinajstić information content (AvgIpc) is 3.55. The first kappa shape index (κ1) is 45.4. The van der Waals surface area contributed by atoms with Gasteiger partial charge >= 0.3 is 0 Å². The first-order valence-corrected chi connectivity index (χ1v) is 23.5. The fraction of sp³-hybridized carbons (Fsp3) is 0.562. The first-order chi connectivity index (χ1) is 31.7. The molecular formula is C48H61F2N11O5. The third-order valence-electron chi connectivity index (χ3n) is 14.9. The van der Waals surface area contributed by atoms with Crippen molar-refractivity contribution in [3.63, 3.8) is 0 Å². The molecule has 0 radical (unpaired) electrons. The number of piperazine rings is 1. The number of nitrogens with zero attached hydrogens (tertiary/aromatic N) is 8. The van der Waals surface area contributed by atoms with Crippen LogP contribution < -0.4 is 30.7 Å². The standard InChI is InChI=1S/C48H61F2N11O5/c1-47(2)12-20-57(21-13-47)27-31-24-35(50)38(25-34(31)49)60-28-42(63)55-48(29-60)14-22-59(23-15-48)40-26-39(52-30-53-40)51-16-5-17-56(3)32-10-18-58(19-11-32)36-7-4-6-33-43(36)46(66)61(45(33)65)37-8-9-41(62)54-44(37)64/h4,6-7,24-26,30,32,37H,5,8-23,27-29H2,1-3H3,(H,55,63)(H,51,52,53)(H,54,62,64). The number of piperidine rings is 4. The maximum absolute atomic E-state index is 15.7. The molecule has 2 aromatic carbocycles. The zero-order valence-corrected chi connectivity index (χ0v) is 38.2. The number of fused-ring (bicyclic) bond motifs is 1. The summed E-state index contributed by atoms with van der Waals surface area (Å²) in [5, 5.41) is 8.91. The Morgan fingerprint density at radius 1 is 0.818 bits per heavy atom. The number of hydrogen-bond acceptors (Lipinski definition) is 13. The highest BCUT2D eigenvalue weighted by molar-refractivity contribution is 6.25. The molecule has 6 aliphatic rings. The van der Waals surface area contributed by atoms with Crippen LogP contribution in [0.2, 0.25) is 0 Å². The van der Waals surface area contributed by atoms with Crippen molar-refractivity contribution in [2.24, 2.45) is 5.41 Å². The molecule has 3 N–H and O–H groups in total. The molecule has 5 amide bonds. The van der Waals surface area contributed by atoms with Gasteiger partial charge < -0.3 is 30.2 Å². The second-order valence-electron chi connectivity index (χ2n) is 19.9. The van der Waals surface area contributed by atoms with Crippen molar-refractivity contribution in [3.05, 3.63) is 71.1 Å². The summed E-state index contributed by atoms with van der Waals surface area (Å²) >= 11 is 0. The number of rotatable bonds is 12. The van der Waals surface area contributed by atoms with Crippen LogP contribution in [0.15, 0.2) is 42.7 Å². The van der Waals surface area contributed by atoms with Gasteiger partial charge in [-0.05, 0) is 102 Å². The quantitative estimate of drug-likeness (QED) is 0.176. The Balaban J connectivity index is 0.728. The minimum absolute atomic E-state index is 0.0304. The Morgan fingerprint density at radius 2 is 1.58 bits per heavy atom. The summed E-state index contributed by atoms with van der Waals surface area (Å²) in [6.45, 7) is 11.1. The maximum atomic E-state index is 15.7. The summed E-state index contributed by atoms with van der Waals surface area (Å²) in [6.07, 6.45) is 7.66. The number of aromatic nitrogens is 2. The van der Waals surface area contributed by atoms with Gasteiger partial charge in [0.15, 0.2) is 0 Å². The van der Waals surface area contributed by atoms with Gasteiger partial charge in [-0.1, -0.05) is 19.9 Å². The number of halogens is 2. The topological polar surface area (TPSA) is 167 Å². The molecule has 6 aliphatic heterocycles. The van der Waals surface area contributed by atoms with E-state index in [2.05, 4.69) is 66.4 Å². The smallest absolute Gasteiger partial charge is 0.264 e. The fourth-order valence-electron chi connectivity index (χ4n) is 10.7. The number of likely N-dealkylation sites (tertiary alicyclic amines) is 1. The van der Waals surface area contributed by atoms with Crippen LogP contribution in [0.3, 0.4) is 0 Å². The second kappa shape index (κ2) is 18.5. The zero-order chi connectivity index (χ0) is 46.3. The zero-order valence-electron chi connectivity index (χ0n) is 38.2. The van der Waals surface area contributed by atoms with E-state index >= 15 is 8.78 Å². The van der Waals surface area contributed by atoms with E-state index in [1.807, 2.05) is 12.1 Å². The molecule has 5 saturated heterocycles. The molecule has 9 rings (SSSR count). The first-order valence-electron chi connectivity index (χ1n) is 23.5. The van der Waals surface area contributed by atoms with Crippen molar-refractivity contribution >= 4 is 52.5 Å². The third-order valence-corrected chi connectivity index (χ3v) is 14.9. The van der Waals surface area contributed by atoms with Crippen molar-refractivity contribution < 1.29 is 32.8 Å². The normalized spacial score (nSPS) is 22.6. The van der Waals surface area contributed by atoms with Gasteiger partial charge in [0.1, 0.15) is 35.6 Å². The van der Waals surface area contributed by atoms with E-state index in [0.717, 1.165) is 68.3 Å². The van der Waals surface area contributed by atoms with Gasteiger partial charge in [-0.15, -0.1) is 0 Å². The van der Waals surface area contributed by atoms with Crippen molar-refractivity contribution in [1.82, 2.24) is 35.3 Å². The monoisotopic (exact) mass is 909 g/mol. The highest BCUT2D eigenvalue weighted by atomic mass is 19.1. The predicted molar refractivity (Wildman–Crippen MR) is 245 cm³/mol. The Morgan fingerprint density at radius 3 is 2.32 bits per heavy atom. The van der Waals surface area contributed by atoms with Gasteiger partial charge in [0.05, 0.1) is 34.6 Å². The van der Waals surface area contributed by atoms with Gasteiger partial charge in [0.25, 0.3) is 11.8 Å². The number of carbonyl (C=O) groups excluding carboxylic acids is 5. The molecule has 1 unspecified atom stereocenters. The summed E-state index contributed by atoms with van der Waals surface area (Å²) in [5.41, 5.74) is 1.48. The summed E-state index contributed by atoms with van der Waals surface area (Å²) in [5.74, 6) is -1.66. The van der Waals surface area contributed by atoms with Gasteiger partial charge in [0.2, 0.25) is 17.7 Å². The van der Waals surface area contributed by atoms with E-state index in [9.17, 15) is 24.0 Å². The lowest BCUT2D eigenvalue weighted by Crippen LogP contribution is -2.66. The second-order valence-corrected chi connectivity index (χ2v) is 19.9. The molecule has 18 heteroatoms. The van der Waals surface area contributed by atoms with E-state index < -0.39 is 46.8 Å². The Bertz CT molecular complexity index is 2370. The number of nitrogens with one attached hydrogen (secondary N) is 3. The maximum Gasteiger partial charge on any atom is 0.264 e. The molecular weight excluding hydrogens is 849 g/mol. The van der Waals surface area contributed by atoms with Gasteiger partial charge in [-0.25, -0.2) is 18.7 Å². The average molecular weight is 910 g/mol. The largest absolute Gasteiger partial charge is 0.371 e. The summed E-state index contributed by atoms with van der Waals surface area (Å²) in [6, 6.07) is 9.13. The molecule has 1 spiro atoms. The molecule has 0 saturated carbocycles. The van der Waals surface area contributed by atoms with E-state index in [1.165, 1.54) is 12.1 Å². The number of anilines is 4. The molecule has 3 aromatic rings. The van der Waals surface area contributed by atoms with Crippen LogP contribution in [-0.2, 0) is 20.9 Å². The Labute approximate surface area is 384 Å². The molecule has 352 valence electrons. The number of carbonyl (C=O) groups is 5. The van der Waals surface area contributed by atoms with Crippen LogP contribution in [0.1, 0.15) is 97.9 Å². The third kappa shape index (κ3) is 9.44. The van der Waals surface area contributed by atoms with Crippen molar-refractivity contribution in [2.45, 2.75) is 95.8 Å². The Kier molecular flexibility index (Phi) is 12.7. The van der Waals surface area contributed by atoms with Crippen LogP contribution in [-0.4, -0.2) is 144 Å². The minimum Gasteiger partial charge on any atom is -0.371 e. The number of benzene rings is 2. The molecule has 16 nitrogen and oxygen atoms in total. The number of hydrogen-bond donors (Lipinski definition) is 3. The fourth-order valence-corrected chi connectivity index (χ4v) is 10.7. The van der Waals surface area contributed by atoms with Gasteiger partial charge in [-0.3, -0.25) is 39.1 Å². The summed E-state index contributed by atoms with van der Waals surface area (Å²) in [7, 11) is 2.13. The number of amides is 5. The highest BCUT2D eigenvalue weighted by Gasteiger charge is 2.47. The molecule has 66 heavy (non-hydrogen) atoms. The minimum atomic E-state index is -1.00.